The van der Waals surface area contributed by atoms with E-state index in [1.165, 1.54) is 0 Å². The highest BCUT2D eigenvalue weighted by molar-refractivity contribution is 5.90. The minimum Gasteiger partial charge on any atom is -0.493 e. The molecule has 0 aliphatic carbocycles. The number of nitrogens with one attached hydrogen (secondary N) is 1. The molecule has 4 rings (SSSR count). The molecule has 1 amide bonds. The van der Waals surface area contributed by atoms with Crippen LogP contribution in [-0.4, -0.2) is 39.8 Å². The summed E-state index contributed by atoms with van der Waals surface area (Å²) in [5, 5.41) is 6.99. The van der Waals surface area contributed by atoms with E-state index in [1.807, 2.05) is 54.9 Å². The standard InChI is InChI=1S/C25H27N5O4/c1-16(2)11-23(31)27-19-8-5-17(6-9-19)13-30-14-20(26-15-30)25-28-24(29-34-25)18-7-10-21(32-3)22(12-18)33-4/h5-10,12,14-16H,11,13H2,1-4H3,(H,27,31). The first-order chi connectivity index (χ1) is 16.4. The summed E-state index contributed by atoms with van der Waals surface area (Å²) in [6.45, 7) is 4.66. The van der Waals surface area contributed by atoms with E-state index in [4.69, 9.17) is 14.0 Å². The molecule has 34 heavy (non-hydrogen) atoms. The van der Waals surface area contributed by atoms with Crippen LogP contribution in [0.5, 0.6) is 11.5 Å². The Morgan fingerprint density at radius 3 is 2.56 bits per heavy atom. The average molecular weight is 462 g/mol. The van der Waals surface area contributed by atoms with Gasteiger partial charge in [0, 0.05) is 30.4 Å². The first kappa shape index (κ1) is 23.0. The van der Waals surface area contributed by atoms with Crippen molar-refractivity contribution in [1.29, 1.82) is 0 Å². The molecule has 2 aromatic carbocycles. The molecule has 0 aliphatic rings. The maximum atomic E-state index is 11.9. The summed E-state index contributed by atoms with van der Waals surface area (Å²) in [6, 6.07) is 13.2. The number of hydrogen-bond acceptors (Lipinski definition) is 7. The van der Waals surface area contributed by atoms with E-state index in [-0.39, 0.29) is 5.91 Å². The quantitative estimate of drug-likeness (QED) is 0.387. The van der Waals surface area contributed by atoms with Crippen molar-refractivity contribution in [3.05, 3.63) is 60.6 Å². The van der Waals surface area contributed by atoms with Crippen LogP contribution >= 0.6 is 0 Å². The maximum Gasteiger partial charge on any atom is 0.278 e. The fourth-order valence-electron chi connectivity index (χ4n) is 3.46. The van der Waals surface area contributed by atoms with E-state index in [0.29, 0.717) is 47.8 Å². The topological polar surface area (TPSA) is 104 Å². The number of amides is 1. The third-order valence-electron chi connectivity index (χ3n) is 5.12. The molecule has 0 unspecified atom stereocenters. The van der Waals surface area contributed by atoms with Crippen molar-refractivity contribution in [2.45, 2.75) is 26.8 Å². The van der Waals surface area contributed by atoms with E-state index in [1.54, 1.807) is 32.7 Å². The van der Waals surface area contributed by atoms with Crippen LogP contribution in [0.4, 0.5) is 5.69 Å². The third-order valence-corrected chi connectivity index (χ3v) is 5.12. The molecular weight excluding hydrogens is 434 g/mol. The molecule has 4 aromatic rings. The van der Waals surface area contributed by atoms with E-state index >= 15 is 0 Å². The Morgan fingerprint density at radius 1 is 1.09 bits per heavy atom. The molecule has 176 valence electrons. The van der Waals surface area contributed by atoms with Gasteiger partial charge in [-0.1, -0.05) is 31.1 Å². The Balaban J connectivity index is 1.42. The molecule has 0 atom stereocenters. The van der Waals surface area contributed by atoms with Gasteiger partial charge in [-0.25, -0.2) is 4.98 Å². The number of carbonyl (C=O) groups is 1. The number of nitrogens with zero attached hydrogens (tertiary/aromatic N) is 4. The molecule has 0 aliphatic heterocycles. The van der Waals surface area contributed by atoms with Gasteiger partial charge in [0.1, 0.15) is 5.69 Å². The lowest BCUT2D eigenvalue weighted by molar-refractivity contribution is -0.116. The van der Waals surface area contributed by atoms with Crippen LogP contribution < -0.4 is 14.8 Å². The minimum atomic E-state index is 0.0222. The molecule has 0 fully saturated rings. The van der Waals surface area contributed by atoms with Crippen LogP contribution in [-0.2, 0) is 11.3 Å². The normalized spacial score (nSPS) is 11.0. The maximum absolute atomic E-state index is 11.9. The molecule has 2 aromatic heterocycles. The number of carbonyl (C=O) groups excluding carboxylic acids is 1. The van der Waals surface area contributed by atoms with Gasteiger partial charge in [-0.15, -0.1) is 0 Å². The lowest BCUT2D eigenvalue weighted by atomic mass is 10.1. The first-order valence-electron chi connectivity index (χ1n) is 10.9. The summed E-state index contributed by atoms with van der Waals surface area (Å²) in [4.78, 5) is 20.8. The zero-order valence-electron chi connectivity index (χ0n) is 19.6. The molecule has 0 spiro atoms. The number of hydrogen-bond donors (Lipinski definition) is 1. The monoisotopic (exact) mass is 461 g/mol. The summed E-state index contributed by atoms with van der Waals surface area (Å²) >= 11 is 0. The number of aromatic nitrogens is 4. The van der Waals surface area contributed by atoms with Crippen LogP contribution in [0, 0.1) is 5.92 Å². The minimum absolute atomic E-state index is 0.0222. The Labute approximate surface area is 197 Å². The summed E-state index contributed by atoms with van der Waals surface area (Å²) in [5.74, 6) is 2.31. The van der Waals surface area contributed by atoms with Crippen molar-refractivity contribution in [2.24, 2.45) is 5.92 Å². The van der Waals surface area contributed by atoms with Crippen LogP contribution in [0.2, 0.25) is 0 Å². The molecule has 0 radical (unpaired) electrons. The second kappa shape index (κ2) is 10.2. The van der Waals surface area contributed by atoms with Gasteiger partial charge in [0.05, 0.1) is 20.5 Å². The number of rotatable bonds is 9. The molecule has 0 saturated carbocycles. The molecule has 9 nitrogen and oxygen atoms in total. The zero-order valence-corrected chi connectivity index (χ0v) is 19.6. The van der Waals surface area contributed by atoms with Gasteiger partial charge >= 0.3 is 0 Å². The Bertz CT molecular complexity index is 1260. The fourth-order valence-corrected chi connectivity index (χ4v) is 3.46. The van der Waals surface area contributed by atoms with Crippen molar-refractivity contribution < 1.29 is 18.8 Å². The van der Waals surface area contributed by atoms with Crippen LogP contribution in [0.15, 0.2) is 59.5 Å². The van der Waals surface area contributed by atoms with Crippen molar-refractivity contribution in [1.82, 2.24) is 19.7 Å². The molecule has 0 bridgehead atoms. The lowest BCUT2D eigenvalue weighted by Crippen LogP contribution is -2.13. The van der Waals surface area contributed by atoms with Gasteiger partial charge in [-0.05, 0) is 41.8 Å². The average Bonchev–Trinajstić information content (AvgIpc) is 3.49. The molecule has 2 heterocycles. The largest absolute Gasteiger partial charge is 0.493 e. The molecular formula is C25H27N5O4. The van der Waals surface area contributed by atoms with E-state index in [2.05, 4.69) is 20.4 Å². The highest BCUT2D eigenvalue weighted by Gasteiger charge is 2.15. The highest BCUT2D eigenvalue weighted by atomic mass is 16.5. The summed E-state index contributed by atoms with van der Waals surface area (Å²) < 4.78 is 18.0. The van der Waals surface area contributed by atoms with Crippen LogP contribution in [0.25, 0.3) is 23.0 Å². The summed E-state index contributed by atoms with van der Waals surface area (Å²) in [6.07, 6.45) is 4.07. The van der Waals surface area contributed by atoms with Gasteiger partial charge in [-0.3, -0.25) is 4.79 Å². The zero-order chi connectivity index (χ0) is 24.1. The van der Waals surface area contributed by atoms with E-state index in [0.717, 1.165) is 16.8 Å². The summed E-state index contributed by atoms with van der Waals surface area (Å²) in [5.41, 5.74) is 3.18. The Morgan fingerprint density at radius 2 is 1.85 bits per heavy atom. The number of benzene rings is 2. The number of ether oxygens (including phenoxy) is 2. The van der Waals surface area contributed by atoms with Gasteiger partial charge < -0.3 is 23.9 Å². The highest BCUT2D eigenvalue weighted by Crippen LogP contribution is 2.31. The number of imidazole rings is 1. The van der Waals surface area contributed by atoms with Crippen molar-refractivity contribution in [3.8, 4) is 34.5 Å². The van der Waals surface area contributed by atoms with Gasteiger partial charge in [0.25, 0.3) is 5.89 Å². The predicted octanol–water partition coefficient (Wildman–Crippen LogP) is 4.65. The number of anilines is 1. The molecule has 9 heteroatoms. The smallest absolute Gasteiger partial charge is 0.278 e. The first-order valence-corrected chi connectivity index (χ1v) is 10.9. The lowest BCUT2D eigenvalue weighted by Gasteiger charge is -2.08. The summed E-state index contributed by atoms with van der Waals surface area (Å²) in [7, 11) is 3.16. The van der Waals surface area contributed by atoms with Crippen LogP contribution in [0.3, 0.4) is 0 Å². The third kappa shape index (κ3) is 5.43. The van der Waals surface area contributed by atoms with Gasteiger partial charge in [0.15, 0.2) is 11.5 Å². The SMILES string of the molecule is COc1ccc(-c2noc(-c3cn(Cc4ccc(NC(=O)CC(C)C)cc4)cn3)n2)cc1OC. The van der Waals surface area contributed by atoms with E-state index < -0.39 is 0 Å². The van der Waals surface area contributed by atoms with Crippen LogP contribution in [0.1, 0.15) is 25.8 Å². The molecule has 0 saturated heterocycles. The predicted molar refractivity (Wildman–Crippen MR) is 128 cm³/mol. The van der Waals surface area contributed by atoms with Crippen molar-refractivity contribution in [3.63, 3.8) is 0 Å². The number of methoxy groups -OCH3 is 2. The Hall–Kier alpha value is -4.14. The van der Waals surface area contributed by atoms with Crippen molar-refractivity contribution >= 4 is 11.6 Å². The van der Waals surface area contributed by atoms with E-state index in [9.17, 15) is 4.79 Å². The van der Waals surface area contributed by atoms with Gasteiger partial charge in [0.2, 0.25) is 11.7 Å². The fraction of sp³-hybridized carbons (Fsp3) is 0.280. The molecule has 1 N–H and O–H groups in total. The van der Waals surface area contributed by atoms with Crippen molar-refractivity contribution in [2.75, 3.05) is 19.5 Å². The van der Waals surface area contributed by atoms with Gasteiger partial charge in [-0.2, -0.15) is 4.98 Å². The second-order valence-electron chi connectivity index (χ2n) is 8.27. The Kier molecular flexibility index (Phi) is 6.91. The second-order valence-corrected chi connectivity index (χ2v) is 8.27.